The van der Waals surface area contributed by atoms with Gasteiger partial charge in [-0.2, -0.15) is 5.10 Å². The minimum absolute atomic E-state index is 0.00342. The first kappa shape index (κ1) is 16.8. The van der Waals surface area contributed by atoms with Crippen molar-refractivity contribution >= 4 is 40.6 Å². The molecule has 3 rings (SSSR count). The number of hydrogen-bond donors (Lipinski definition) is 3. The third-order valence-corrected chi connectivity index (χ3v) is 3.91. The zero-order valence-electron chi connectivity index (χ0n) is 13.2. The average molecular weight is 360 g/mol. The van der Waals surface area contributed by atoms with E-state index in [0.717, 1.165) is 5.56 Å². The van der Waals surface area contributed by atoms with Crippen LogP contribution in [0.4, 0.5) is 11.4 Å². The Balaban J connectivity index is 1.80. The first-order valence-electron chi connectivity index (χ1n) is 7.34. The van der Waals surface area contributed by atoms with Crippen LogP contribution in [0.25, 0.3) is 0 Å². The summed E-state index contributed by atoms with van der Waals surface area (Å²) in [4.78, 5) is 22.5. The van der Waals surface area contributed by atoms with Gasteiger partial charge in [-0.25, -0.2) is 4.79 Å². The van der Waals surface area contributed by atoms with E-state index in [1.165, 1.54) is 12.1 Å². The third kappa shape index (κ3) is 3.72. The van der Waals surface area contributed by atoms with Crippen LogP contribution in [-0.4, -0.2) is 29.3 Å². The van der Waals surface area contributed by atoms with E-state index in [2.05, 4.69) is 15.8 Å². The molecule has 0 saturated heterocycles. The number of carboxylic acids is 1. The Morgan fingerprint density at radius 2 is 2.12 bits per heavy atom. The second-order valence-electron chi connectivity index (χ2n) is 5.36. The normalized spacial score (nSPS) is 13.5. The summed E-state index contributed by atoms with van der Waals surface area (Å²) in [7, 11) is 0. The highest BCUT2D eigenvalue weighted by atomic mass is 35.5. The fraction of sp³-hybridized carbons (Fsp3) is 0.118. The highest BCUT2D eigenvalue weighted by Gasteiger charge is 2.16. The molecule has 0 aromatic heterocycles. The van der Waals surface area contributed by atoms with Crippen molar-refractivity contribution < 1.29 is 19.4 Å². The van der Waals surface area contributed by atoms with Crippen molar-refractivity contribution in [1.29, 1.82) is 0 Å². The maximum atomic E-state index is 11.4. The number of ether oxygens (including phenoxy) is 1. The van der Waals surface area contributed by atoms with Crippen LogP contribution in [0.5, 0.6) is 5.75 Å². The van der Waals surface area contributed by atoms with Gasteiger partial charge in [-0.15, -0.1) is 0 Å². The second kappa shape index (κ2) is 6.82. The van der Waals surface area contributed by atoms with Gasteiger partial charge in [0.05, 0.1) is 27.7 Å². The Hall–Kier alpha value is -3.06. The van der Waals surface area contributed by atoms with Crippen LogP contribution < -0.4 is 15.5 Å². The lowest BCUT2D eigenvalue weighted by Crippen LogP contribution is -2.25. The maximum Gasteiger partial charge on any atom is 0.337 e. The number of nitrogens with one attached hydrogen (secondary N) is 2. The molecule has 25 heavy (non-hydrogen) atoms. The summed E-state index contributed by atoms with van der Waals surface area (Å²) >= 11 is 5.84. The standard InChI is InChI=1S/C17H14ClN3O4/c1-9(10-2-5-15-14(6-10)19-16(22)8-25-15)20-21-11-3-4-13(18)12(7-11)17(23)24/h2-7,21H,8H2,1H3,(H,19,22)(H,23,24). The summed E-state index contributed by atoms with van der Waals surface area (Å²) in [5.74, 6) is -0.715. The first-order valence-corrected chi connectivity index (χ1v) is 7.72. The van der Waals surface area contributed by atoms with Crippen LogP contribution in [0.3, 0.4) is 0 Å². The zero-order chi connectivity index (χ0) is 18.0. The fourth-order valence-corrected chi connectivity index (χ4v) is 2.48. The summed E-state index contributed by atoms with van der Waals surface area (Å²) in [5, 5.41) is 16.2. The molecule has 0 bridgehead atoms. The van der Waals surface area contributed by atoms with Gasteiger partial charge in [-0.05, 0) is 48.9 Å². The molecule has 1 aliphatic rings. The van der Waals surface area contributed by atoms with Crippen molar-refractivity contribution in [1.82, 2.24) is 0 Å². The molecule has 3 N–H and O–H groups in total. The number of carbonyl (C=O) groups excluding carboxylic acids is 1. The van der Waals surface area contributed by atoms with Gasteiger partial charge in [0.2, 0.25) is 0 Å². The van der Waals surface area contributed by atoms with Crippen LogP contribution >= 0.6 is 11.6 Å². The molecule has 0 radical (unpaired) electrons. The number of fused-ring (bicyclic) bond motifs is 1. The molecule has 2 aromatic carbocycles. The zero-order valence-corrected chi connectivity index (χ0v) is 13.9. The SMILES string of the molecule is CC(=NNc1ccc(Cl)c(C(=O)O)c1)c1ccc2c(c1)NC(=O)CO2. The summed E-state index contributed by atoms with van der Waals surface area (Å²) < 4.78 is 5.31. The van der Waals surface area contributed by atoms with E-state index in [4.69, 9.17) is 21.4 Å². The quantitative estimate of drug-likeness (QED) is 0.575. The van der Waals surface area contributed by atoms with Gasteiger partial charge in [-0.1, -0.05) is 11.6 Å². The number of benzene rings is 2. The molecule has 0 aliphatic carbocycles. The molecule has 8 heteroatoms. The lowest BCUT2D eigenvalue weighted by atomic mass is 10.1. The number of anilines is 2. The van der Waals surface area contributed by atoms with E-state index in [9.17, 15) is 9.59 Å². The predicted octanol–water partition coefficient (Wildman–Crippen LogP) is 3.21. The van der Waals surface area contributed by atoms with Gasteiger partial charge in [0.25, 0.3) is 5.91 Å². The lowest BCUT2D eigenvalue weighted by Gasteiger charge is -2.18. The molecule has 2 aromatic rings. The van der Waals surface area contributed by atoms with Crippen molar-refractivity contribution in [2.75, 3.05) is 17.3 Å². The fourth-order valence-electron chi connectivity index (χ4n) is 2.28. The second-order valence-corrected chi connectivity index (χ2v) is 5.76. The number of amides is 1. The number of hydrogen-bond acceptors (Lipinski definition) is 5. The predicted molar refractivity (Wildman–Crippen MR) is 94.8 cm³/mol. The van der Waals surface area contributed by atoms with Crippen molar-refractivity contribution in [3.63, 3.8) is 0 Å². The summed E-state index contributed by atoms with van der Waals surface area (Å²) in [6.07, 6.45) is 0. The highest BCUT2D eigenvalue weighted by Crippen LogP contribution is 2.28. The summed E-state index contributed by atoms with van der Waals surface area (Å²) in [6, 6.07) is 9.87. The van der Waals surface area contributed by atoms with E-state index < -0.39 is 5.97 Å². The first-order chi connectivity index (χ1) is 11.9. The third-order valence-electron chi connectivity index (χ3n) is 3.58. The van der Waals surface area contributed by atoms with E-state index in [1.54, 1.807) is 25.1 Å². The Morgan fingerprint density at radius 1 is 1.32 bits per heavy atom. The number of hydrazone groups is 1. The van der Waals surface area contributed by atoms with Crippen LogP contribution in [0.1, 0.15) is 22.8 Å². The van der Waals surface area contributed by atoms with E-state index in [0.29, 0.717) is 22.8 Å². The molecule has 0 fully saturated rings. The van der Waals surface area contributed by atoms with Gasteiger partial charge >= 0.3 is 5.97 Å². The van der Waals surface area contributed by atoms with E-state index >= 15 is 0 Å². The van der Waals surface area contributed by atoms with Crippen molar-refractivity contribution in [3.8, 4) is 5.75 Å². The van der Waals surface area contributed by atoms with Gasteiger partial charge < -0.3 is 15.2 Å². The molecule has 1 aliphatic heterocycles. The van der Waals surface area contributed by atoms with Crippen molar-refractivity contribution in [2.45, 2.75) is 6.92 Å². The number of aromatic carboxylic acids is 1. The van der Waals surface area contributed by atoms with Crippen LogP contribution in [0.2, 0.25) is 5.02 Å². The van der Waals surface area contributed by atoms with Crippen LogP contribution in [-0.2, 0) is 4.79 Å². The number of carbonyl (C=O) groups is 2. The van der Waals surface area contributed by atoms with Crippen LogP contribution in [0.15, 0.2) is 41.5 Å². The number of carboxylic acid groups (broad SMARTS) is 1. The average Bonchev–Trinajstić information content (AvgIpc) is 2.59. The van der Waals surface area contributed by atoms with E-state index in [-0.39, 0.29) is 23.1 Å². The lowest BCUT2D eigenvalue weighted by molar-refractivity contribution is -0.118. The number of rotatable bonds is 4. The number of nitrogens with zero attached hydrogens (tertiary/aromatic N) is 1. The van der Waals surface area contributed by atoms with Gasteiger partial charge in [-0.3, -0.25) is 10.2 Å². The Bertz CT molecular complexity index is 895. The molecular weight excluding hydrogens is 346 g/mol. The molecule has 1 heterocycles. The molecule has 1 amide bonds. The van der Waals surface area contributed by atoms with E-state index in [1.807, 2.05) is 6.07 Å². The largest absolute Gasteiger partial charge is 0.482 e. The number of halogens is 1. The molecular formula is C17H14ClN3O4. The molecule has 7 nitrogen and oxygen atoms in total. The summed E-state index contributed by atoms with van der Waals surface area (Å²) in [5.41, 5.74) is 5.31. The Morgan fingerprint density at radius 3 is 2.88 bits per heavy atom. The van der Waals surface area contributed by atoms with Crippen molar-refractivity contribution in [2.24, 2.45) is 5.10 Å². The van der Waals surface area contributed by atoms with Gasteiger partial charge in [0.15, 0.2) is 6.61 Å². The van der Waals surface area contributed by atoms with Gasteiger partial charge in [0.1, 0.15) is 5.75 Å². The molecule has 0 atom stereocenters. The van der Waals surface area contributed by atoms with Crippen molar-refractivity contribution in [3.05, 3.63) is 52.5 Å². The molecule has 0 saturated carbocycles. The van der Waals surface area contributed by atoms with Gasteiger partial charge in [0, 0.05) is 0 Å². The maximum absolute atomic E-state index is 11.4. The minimum Gasteiger partial charge on any atom is -0.482 e. The minimum atomic E-state index is -1.11. The Labute approximate surface area is 148 Å². The Kier molecular flexibility index (Phi) is 4.58. The summed E-state index contributed by atoms with van der Waals surface area (Å²) in [6.45, 7) is 1.79. The smallest absolute Gasteiger partial charge is 0.337 e. The molecule has 128 valence electrons. The highest BCUT2D eigenvalue weighted by molar-refractivity contribution is 6.33. The van der Waals surface area contributed by atoms with Crippen LogP contribution in [0, 0.1) is 0 Å². The molecule has 0 unspecified atom stereocenters. The molecule has 0 spiro atoms. The monoisotopic (exact) mass is 359 g/mol. The topological polar surface area (TPSA) is 100 Å².